The van der Waals surface area contributed by atoms with Crippen LogP contribution in [-0.2, 0) is 30.4 Å². The molecule has 12 heteroatoms. The second-order valence-corrected chi connectivity index (χ2v) is 7.81. The Hall–Kier alpha value is -3.67. The molecule has 3 amide bonds. The molecule has 12 nitrogen and oxygen atoms in total. The van der Waals surface area contributed by atoms with Gasteiger partial charge in [-0.1, -0.05) is 26.0 Å². The van der Waals surface area contributed by atoms with Crippen LogP contribution in [0, 0.1) is 5.92 Å². The highest BCUT2D eigenvalue weighted by Crippen LogP contribution is 2.12. The fraction of sp³-hybridized carbons (Fsp3) is 0.476. The molecule has 1 aromatic rings. The molecule has 0 bridgehead atoms. The molecule has 3 unspecified atom stereocenters. The summed E-state index contributed by atoms with van der Waals surface area (Å²) >= 11 is 0. The lowest BCUT2D eigenvalue weighted by atomic mass is 10.00. The van der Waals surface area contributed by atoms with E-state index in [9.17, 15) is 29.1 Å². The molecular formula is C21H30N4O8. The maximum atomic E-state index is 12.9. The number of nitrogens with two attached hydrogens (primary N) is 1. The van der Waals surface area contributed by atoms with Crippen LogP contribution in [0.4, 0.5) is 0 Å². The molecule has 3 atom stereocenters. The summed E-state index contributed by atoms with van der Waals surface area (Å²) in [6.07, 6.45) is -0.436. The minimum absolute atomic E-state index is 0.00560. The van der Waals surface area contributed by atoms with Crippen molar-refractivity contribution < 1.29 is 39.3 Å². The number of hydrogen-bond acceptors (Lipinski definition) is 7. The van der Waals surface area contributed by atoms with E-state index < -0.39 is 60.2 Å². The molecule has 0 fully saturated rings. The molecule has 182 valence electrons. The first-order chi connectivity index (χ1) is 15.4. The molecule has 1 rings (SSSR count). The molecular weight excluding hydrogens is 436 g/mol. The zero-order valence-electron chi connectivity index (χ0n) is 18.4. The van der Waals surface area contributed by atoms with Crippen molar-refractivity contribution in [2.45, 2.75) is 51.2 Å². The molecule has 0 radical (unpaired) electrons. The maximum Gasteiger partial charge on any atom is 0.322 e. The molecule has 0 aromatic heterocycles. The first-order valence-corrected chi connectivity index (χ1v) is 10.3. The monoisotopic (exact) mass is 466 g/mol. The molecule has 33 heavy (non-hydrogen) atoms. The number of carboxylic acids is 2. The summed E-state index contributed by atoms with van der Waals surface area (Å²) in [5.74, 6) is -4.92. The number of hydrogen-bond donors (Lipinski definition) is 7. The van der Waals surface area contributed by atoms with Crippen molar-refractivity contribution in [1.82, 2.24) is 16.0 Å². The zero-order valence-corrected chi connectivity index (χ0v) is 18.4. The van der Waals surface area contributed by atoms with Crippen molar-refractivity contribution in [2.75, 3.05) is 6.54 Å². The summed E-state index contributed by atoms with van der Waals surface area (Å²) < 4.78 is 0. The van der Waals surface area contributed by atoms with Gasteiger partial charge in [0.2, 0.25) is 17.7 Å². The fourth-order valence-electron chi connectivity index (χ4n) is 2.83. The van der Waals surface area contributed by atoms with E-state index in [1.807, 2.05) is 0 Å². The quantitative estimate of drug-likeness (QED) is 0.189. The lowest BCUT2D eigenvalue weighted by Gasteiger charge is -2.26. The topological polar surface area (TPSA) is 208 Å². The van der Waals surface area contributed by atoms with Gasteiger partial charge in [0.05, 0.1) is 6.04 Å². The third kappa shape index (κ3) is 9.99. The standard InChI is InChI=1S/C21H30N4O8/c1-11(2)18(25-19(31)14(22)7-8-16(27)28)21(33)24-15(20(32)23-10-17(29)30)9-12-3-5-13(26)6-4-12/h3-6,11,14-15,18,26H,7-10,22H2,1-2H3,(H,23,32)(H,24,33)(H,25,31)(H,27,28)(H,29,30). The highest BCUT2D eigenvalue weighted by molar-refractivity contribution is 5.94. The molecule has 0 saturated heterocycles. The van der Waals surface area contributed by atoms with Crippen LogP contribution in [0.25, 0.3) is 0 Å². The predicted octanol–water partition coefficient (Wildman–Crippen LogP) is -1.05. The molecule has 0 heterocycles. The summed E-state index contributed by atoms with van der Waals surface area (Å²) in [6.45, 7) is 2.67. The molecule has 0 aliphatic heterocycles. The largest absolute Gasteiger partial charge is 0.508 e. The Bertz CT molecular complexity index is 856. The van der Waals surface area contributed by atoms with Crippen LogP contribution in [0.5, 0.6) is 5.75 Å². The van der Waals surface area contributed by atoms with Gasteiger partial charge in [-0.3, -0.25) is 24.0 Å². The first kappa shape index (κ1) is 27.4. The van der Waals surface area contributed by atoms with Crippen molar-refractivity contribution in [3.63, 3.8) is 0 Å². The number of carbonyl (C=O) groups is 5. The van der Waals surface area contributed by atoms with Gasteiger partial charge in [-0.05, 0) is 30.0 Å². The van der Waals surface area contributed by atoms with E-state index in [1.54, 1.807) is 26.0 Å². The number of carboxylic acid groups (broad SMARTS) is 2. The second kappa shape index (κ2) is 13.0. The van der Waals surface area contributed by atoms with Crippen molar-refractivity contribution >= 4 is 29.7 Å². The van der Waals surface area contributed by atoms with Crippen LogP contribution in [0.3, 0.4) is 0 Å². The van der Waals surface area contributed by atoms with E-state index in [2.05, 4.69) is 16.0 Å². The molecule has 8 N–H and O–H groups in total. The Labute approximate surface area is 190 Å². The Morgan fingerprint density at radius 3 is 2.03 bits per heavy atom. The number of amides is 3. The Morgan fingerprint density at radius 2 is 1.52 bits per heavy atom. The van der Waals surface area contributed by atoms with Crippen LogP contribution in [0.2, 0.25) is 0 Å². The molecule has 1 aromatic carbocycles. The number of phenols is 1. The van der Waals surface area contributed by atoms with E-state index in [-0.39, 0.29) is 25.0 Å². The molecule has 0 saturated carbocycles. The Kier molecular flexibility index (Phi) is 10.8. The average molecular weight is 466 g/mol. The van der Waals surface area contributed by atoms with Crippen LogP contribution >= 0.6 is 0 Å². The third-order valence-corrected chi connectivity index (χ3v) is 4.68. The summed E-state index contributed by atoms with van der Waals surface area (Å²) in [4.78, 5) is 59.2. The van der Waals surface area contributed by atoms with Gasteiger partial charge in [-0.25, -0.2) is 0 Å². The van der Waals surface area contributed by atoms with Gasteiger partial charge in [0.25, 0.3) is 0 Å². The van der Waals surface area contributed by atoms with E-state index >= 15 is 0 Å². The first-order valence-electron chi connectivity index (χ1n) is 10.3. The number of phenolic OH excluding ortho intramolecular Hbond substituents is 1. The molecule has 0 aliphatic rings. The zero-order chi connectivity index (χ0) is 25.1. The van der Waals surface area contributed by atoms with Crippen LogP contribution in [0.15, 0.2) is 24.3 Å². The number of benzene rings is 1. The molecule has 0 spiro atoms. The van der Waals surface area contributed by atoms with Gasteiger partial charge in [0.1, 0.15) is 24.4 Å². The summed E-state index contributed by atoms with van der Waals surface area (Å²) in [5.41, 5.74) is 6.29. The van der Waals surface area contributed by atoms with E-state index in [1.165, 1.54) is 12.1 Å². The van der Waals surface area contributed by atoms with Gasteiger partial charge < -0.3 is 37.0 Å². The summed E-state index contributed by atoms with van der Waals surface area (Å²) in [5, 5.41) is 34.2. The third-order valence-electron chi connectivity index (χ3n) is 4.68. The van der Waals surface area contributed by atoms with Gasteiger partial charge in [-0.15, -0.1) is 0 Å². The smallest absolute Gasteiger partial charge is 0.322 e. The Balaban J connectivity index is 2.95. The van der Waals surface area contributed by atoms with Gasteiger partial charge in [-0.2, -0.15) is 0 Å². The van der Waals surface area contributed by atoms with E-state index in [0.717, 1.165) is 0 Å². The minimum atomic E-state index is -1.26. The van der Waals surface area contributed by atoms with Gasteiger partial charge in [0.15, 0.2) is 0 Å². The van der Waals surface area contributed by atoms with Crippen molar-refractivity contribution in [3.05, 3.63) is 29.8 Å². The lowest BCUT2D eigenvalue weighted by Crippen LogP contribution is -2.58. The lowest BCUT2D eigenvalue weighted by molar-refractivity contribution is -0.139. The maximum absolute atomic E-state index is 12.9. The van der Waals surface area contributed by atoms with Crippen molar-refractivity contribution in [3.8, 4) is 5.75 Å². The van der Waals surface area contributed by atoms with Gasteiger partial charge >= 0.3 is 11.9 Å². The SMILES string of the molecule is CC(C)C(NC(=O)C(N)CCC(=O)O)C(=O)NC(Cc1ccc(O)cc1)C(=O)NCC(=O)O. The van der Waals surface area contributed by atoms with Crippen molar-refractivity contribution in [2.24, 2.45) is 11.7 Å². The average Bonchev–Trinajstić information content (AvgIpc) is 2.74. The van der Waals surface area contributed by atoms with Crippen molar-refractivity contribution in [1.29, 1.82) is 0 Å². The van der Waals surface area contributed by atoms with E-state index in [4.69, 9.17) is 15.9 Å². The predicted molar refractivity (Wildman–Crippen MR) is 116 cm³/mol. The number of aliphatic carboxylic acids is 2. The Morgan fingerprint density at radius 1 is 0.909 bits per heavy atom. The summed E-state index contributed by atoms with van der Waals surface area (Å²) in [7, 11) is 0. The minimum Gasteiger partial charge on any atom is -0.508 e. The molecule has 0 aliphatic carbocycles. The highest BCUT2D eigenvalue weighted by Gasteiger charge is 2.30. The second-order valence-electron chi connectivity index (χ2n) is 7.81. The van der Waals surface area contributed by atoms with Crippen LogP contribution < -0.4 is 21.7 Å². The number of carbonyl (C=O) groups excluding carboxylic acids is 3. The van der Waals surface area contributed by atoms with E-state index in [0.29, 0.717) is 5.56 Å². The summed E-state index contributed by atoms with van der Waals surface area (Å²) in [6, 6.07) is 2.51. The number of aromatic hydroxyl groups is 1. The number of rotatable bonds is 13. The van der Waals surface area contributed by atoms with Crippen LogP contribution in [0.1, 0.15) is 32.3 Å². The highest BCUT2D eigenvalue weighted by atomic mass is 16.4. The normalized spacial score (nSPS) is 13.5. The van der Waals surface area contributed by atoms with Crippen LogP contribution in [-0.4, -0.2) is 69.7 Å². The fourth-order valence-corrected chi connectivity index (χ4v) is 2.83. The number of nitrogens with one attached hydrogen (secondary N) is 3. The van der Waals surface area contributed by atoms with Gasteiger partial charge in [0, 0.05) is 12.8 Å².